The van der Waals surface area contributed by atoms with Gasteiger partial charge < -0.3 is 0 Å². The van der Waals surface area contributed by atoms with E-state index in [1.165, 1.54) is 12.8 Å². The van der Waals surface area contributed by atoms with Gasteiger partial charge in [0.15, 0.2) is 0 Å². The van der Waals surface area contributed by atoms with Crippen LogP contribution in [0, 0.1) is 17.8 Å². The molecular weight excluding hydrogens is 290 g/mol. The van der Waals surface area contributed by atoms with Gasteiger partial charge in [-0.05, 0) is 30.7 Å². The number of aryl methyl sites for hydroxylation is 1. The second kappa shape index (κ2) is 5.44. The summed E-state index contributed by atoms with van der Waals surface area (Å²) in [6, 6.07) is 1.64. The molecule has 7 heteroatoms. The Morgan fingerprint density at radius 1 is 1.43 bits per heavy atom. The Morgan fingerprint density at radius 2 is 2.19 bits per heavy atom. The molecule has 1 N–H and O–H groups in total. The molecule has 0 saturated heterocycles. The summed E-state index contributed by atoms with van der Waals surface area (Å²) in [5.74, 6) is 0.333. The molecule has 2 aliphatic rings. The number of rotatable bonds is 4. The van der Waals surface area contributed by atoms with Crippen LogP contribution in [-0.2, 0) is 27.6 Å². The fourth-order valence-electron chi connectivity index (χ4n) is 3.67. The first kappa shape index (κ1) is 14.6. The largest absolute Gasteiger partial charge is 0.276 e. The number of nitrogens with zero attached hydrogens (tertiary/aromatic N) is 2. The molecule has 0 aliphatic heterocycles. The lowest BCUT2D eigenvalue weighted by Crippen LogP contribution is -2.49. The molecule has 2 saturated carbocycles. The van der Waals surface area contributed by atoms with Gasteiger partial charge in [-0.3, -0.25) is 14.2 Å². The van der Waals surface area contributed by atoms with Crippen molar-refractivity contribution in [3.63, 3.8) is 0 Å². The minimum Gasteiger partial charge on any atom is -0.276 e. The van der Waals surface area contributed by atoms with E-state index in [2.05, 4.69) is 9.82 Å². The zero-order valence-corrected chi connectivity index (χ0v) is 13.0. The highest BCUT2D eigenvalue weighted by Gasteiger charge is 2.46. The van der Waals surface area contributed by atoms with E-state index in [1.54, 1.807) is 24.0 Å². The summed E-state index contributed by atoms with van der Waals surface area (Å²) in [5, 5.41) is 4.03. The number of amides is 1. The van der Waals surface area contributed by atoms with E-state index in [0.717, 1.165) is 19.3 Å². The molecule has 6 nitrogen and oxygen atoms in total. The van der Waals surface area contributed by atoms with Crippen molar-refractivity contribution in [3.05, 3.63) is 18.0 Å². The molecule has 3 atom stereocenters. The molecule has 21 heavy (non-hydrogen) atoms. The van der Waals surface area contributed by atoms with Gasteiger partial charge in [-0.15, -0.1) is 0 Å². The third-order valence-corrected chi connectivity index (χ3v) is 5.93. The van der Waals surface area contributed by atoms with Gasteiger partial charge in [0.1, 0.15) is 5.75 Å². The van der Waals surface area contributed by atoms with Gasteiger partial charge in [0, 0.05) is 19.2 Å². The molecule has 1 aromatic heterocycles. The van der Waals surface area contributed by atoms with E-state index in [-0.39, 0.29) is 17.6 Å². The van der Waals surface area contributed by atoms with Crippen molar-refractivity contribution < 1.29 is 13.2 Å². The van der Waals surface area contributed by atoms with Crippen LogP contribution in [0.15, 0.2) is 12.3 Å². The standard InChI is InChI=1S/C14H21N3O3S/c1-17-7-6-11(15-17)9-21(19,20)16-14(18)13-8-10-4-2-3-5-12(10)13/h6-7,10,12-13H,2-5,8-9H2,1H3,(H,16,18)/t10-,12-,13+/m0/s1. The Bertz CT molecular complexity index is 638. The fourth-order valence-corrected chi connectivity index (χ4v) is 4.74. The lowest BCUT2D eigenvalue weighted by Gasteiger charge is -2.46. The van der Waals surface area contributed by atoms with Gasteiger partial charge >= 0.3 is 0 Å². The zero-order chi connectivity index (χ0) is 15.0. The predicted molar refractivity (Wildman–Crippen MR) is 77.5 cm³/mol. The molecule has 0 spiro atoms. The molecule has 3 rings (SSSR count). The van der Waals surface area contributed by atoms with Crippen molar-refractivity contribution >= 4 is 15.9 Å². The van der Waals surface area contributed by atoms with E-state index < -0.39 is 10.0 Å². The number of hydrogen-bond donors (Lipinski definition) is 1. The molecular formula is C14H21N3O3S. The maximum Gasteiger partial charge on any atom is 0.240 e. The average Bonchev–Trinajstić information content (AvgIpc) is 2.74. The summed E-state index contributed by atoms with van der Waals surface area (Å²) >= 11 is 0. The van der Waals surface area contributed by atoms with Crippen LogP contribution in [-0.4, -0.2) is 24.1 Å². The number of aromatic nitrogens is 2. The Hall–Kier alpha value is -1.37. The van der Waals surface area contributed by atoms with Crippen molar-refractivity contribution in [1.29, 1.82) is 0 Å². The minimum absolute atomic E-state index is 0.117. The fraction of sp³-hybridized carbons (Fsp3) is 0.714. The molecule has 2 aliphatic carbocycles. The molecule has 0 aromatic carbocycles. The number of carbonyl (C=O) groups is 1. The highest BCUT2D eigenvalue weighted by molar-refractivity contribution is 7.89. The number of hydrogen-bond acceptors (Lipinski definition) is 4. The topological polar surface area (TPSA) is 81.1 Å². The molecule has 2 fully saturated rings. The molecule has 0 radical (unpaired) electrons. The number of sulfonamides is 1. The van der Waals surface area contributed by atoms with Crippen LogP contribution < -0.4 is 4.72 Å². The normalized spacial score (nSPS) is 28.5. The van der Waals surface area contributed by atoms with Crippen LogP contribution >= 0.6 is 0 Å². The molecule has 1 aromatic rings. The van der Waals surface area contributed by atoms with E-state index in [9.17, 15) is 13.2 Å². The van der Waals surface area contributed by atoms with Crippen LogP contribution in [0.1, 0.15) is 37.8 Å². The minimum atomic E-state index is -3.65. The van der Waals surface area contributed by atoms with Crippen LogP contribution in [0.5, 0.6) is 0 Å². The van der Waals surface area contributed by atoms with Crippen molar-refractivity contribution in [2.24, 2.45) is 24.8 Å². The SMILES string of the molecule is Cn1ccc(CS(=O)(=O)NC(=O)[C@@H]2C[C@@H]3CCCC[C@@H]32)n1. The first-order chi connectivity index (χ1) is 9.94. The quantitative estimate of drug-likeness (QED) is 0.905. The Balaban J connectivity index is 1.59. The van der Waals surface area contributed by atoms with E-state index in [4.69, 9.17) is 0 Å². The Kier molecular flexibility index (Phi) is 3.77. The van der Waals surface area contributed by atoms with Crippen LogP contribution in [0.3, 0.4) is 0 Å². The lowest BCUT2D eigenvalue weighted by molar-refractivity contribution is -0.133. The van der Waals surface area contributed by atoms with Gasteiger partial charge in [-0.1, -0.05) is 19.3 Å². The second-order valence-electron chi connectivity index (χ2n) is 6.26. The first-order valence-corrected chi connectivity index (χ1v) is 9.13. The van der Waals surface area contributed by atoms with Crippen molar-refractivity contribution in [2.75, 3.05) is 0 Å². The highest BCUT2D eigenvalue weighted by Crippen LogP contribution is 2.49. The number of nitrogens with one attached hydrogen (secondary N) is 1. The third-order valence-electron chi connectivity index (χ3n) is 4.74. The van der Waals surface area contributed by atoms with Gasteiger partial charge in [-0.25, -0.2) is 8.42 Å². The molecule has 1 amide bonds. The van der Waals surface area contributed by atoms with Crippen LogP contribution in [0.25, 0.3) is 0 Å². The van der Waals surface area contributed by atoms with Crippen molar-refractivity contribution in [1.82, 2.24) is 14.5 Å². The predicted octanol–water partition coefficient (Wildman–Crippen LogP) is 1.19. The second-order valence-corrected chi connectivity index (χ2v) is 7.98. The molecule has 0 bridgehead atoms. The summed E-state index contributed by atoms with van der Waals surface area (Å²) in [7, 11) is -1.93. The van der Waals surface area contributed by atoms with Gasteiger partial charge in [0.2, 0.25) is 15.9 Å². The Labute approximate surface area is 125 Å². The number of fused-ring (bicyclic) bond motifs is 1. The average molecular weight is 311 g/mol. The summed E-state index contributed by atoms with van der Waals surface area (Å²) < 4.78 is 27.9. The summed E-state index contributed by atoms with van der Waals surface area (Å²) in [6.45, 7) is 0. The van der Waals surface area contributed by atoms with Gasteiger partial charge in [-0.2, -0.15) is 5.10 Å². The summed E-state index contributed by atoms with van der Waals surface area (Å²) in [4.78, 5) is 12.2. The molecule has 116 valence electrons. The van der Waals surface area contributed by atoms with E-state index in [1.807, 2.05) is 0 Å². The number of carbonyl (C=O) groups excluding carboxylic acids is 1. The van der Waals surface area contributed by atoms with Crippen molar-refractivity contribution in [3.8, 4) is 0 Å². The monoisotopic (exact) mass is 311 g/mol. The van der Waals surface area contributed by atoms with E-state index in [0.29, 0.717) is 17.5 Å². The van der Waals surface area contributed by atoms with Crippen molar-refractivity contribution in [2.45, 2.75) is 37.9 Å². The molecule has 0 unspecified atom stereocenters. The summed E-state index contributed by atoms with van der Waals surface area (Å²) in [5.41, 5.74) is 0.446. The van der Waals surface area contributed by atoms with Crippen LogP contribution in [0.4, 0.5) is 0 Å². The summed E-state index contributed by atoms with van der Waals surface area (Å²) in [6.07, 6.45) is 7.18. The van der Waals surface area contributed by atoms with Crippen LogP contribution in [0.2, 0.25) is 0 Å². The lowest BCUT2D eigenvalue weighted by atomic mass is 9.58. The zero-order valence-electron chi connectivity index (χ0n) is 12.2. The maximum absolute atomic E-state index is 12.2. The Morgan fingerprint density at radius 3 is 2.86 bits per heavy atom. The van der Waals surface area contributed by atoms with Gasteiger partial charge in [0.25, 0.3) is 0 Å². The van der Waals surface area contributed by atoms with E-state index >= 15 is 0 Å². The molecule has 1 heterocycles. The smallest absolute Gasteiger partial charge is 0.240 e. The maximum atomic E-state index is 12.2. The first-order valence-electron chi connectivity index (χ1n) is 7.47. The van der Waals surface area contributed by atoms with Gasteiger partial charge in [0.05, 0.1) is 5.69 Å². The highest BCUT2D eigenvalue weighted by atomic mass is 32.2. The third kappa shape index (κ3) is 3.12.